The SMILES string of the molecule is C=C(CN/C(=C/C(C)=C/CCC)c1sc(CCCC)c(C)c1C)S/C=C\C(C)C. The van der Waals surface area contributed by atoms with Crippen molar-refractivity contribution in [2.45, 2.75) is 80.6 Å². The van der Waals surface area contributed by atoms with Crippen LogP contribution in [0.1, 0.15) is 81.2 Å². The molecule has 0 radical (unpaired) electrons. The van der Waals surface area contributed by atoms with Gasteiger partial charge in [-0.15, -0.1) is 23.1 Å². The maximum absolute atomic E-state index is 4.24. The standard InChI is InChI=1S/C26H41NS2/c1-9-11-13-20(5)17-24(27-18-21(6)28-16-15-19(3)4)26-23(8)22(7)25(29-26)14-12-10-2/h13,15-17,19,27H,6,9-12,14,18H2,1-5,7-8H3/b16-15-,20-13+,24-17+. The largest absolute Gasteiger partial charge is 0.379 e. The number of rotatable bonds is 13. The molecule has 0 fully saturated rings. The summed E-state index contributed by atoms with van der Waals surface area (Å²) in [4.78, 5) is 4.06. The monoisotopic (exact) mass is 431 g/mol. The molecular weight excluding hydrogens is 390 g/mol. The molecule has 1 aromatic heterocycles. The number of aryl methyl sites for hydroxylation is 1. The second kappa shape index (κ2) is 13.9. The van der Waals surface area contributed by atoms with E-state index < -0.39 is 0 Å². The highest BCUT2D eigenvalue weighted by Crippen LogP contribution is 2.33. The van der Waals surface area contributed by atoms with Gasteiger partial charge in [0.1, 0.15) is 0 Å². The molecule has 162 valence electrons. The lowest BCUT2D eigenvalue weighted by atomic mass is 10.1. The molecule has 0 saturated heterocycles. The van der Waals surface area contributed by atoms with Crippen LogP contribution in [0, 0.1) is 19.8 Å². The minimum absolute atomic E-state index is 0.573. The van der Waals surface area contributed by atoms with Gasteiger partial charge in [0.15, 0.2) is 0 Å². The van der Waals surface area contributed by atoms with Gasteiger partial charge in [-0.05, 0) is 68.6 Å². The Morgan fingerprint density at radius 3 is 2.52 bits per heavy atom. The maximum Gasteiger partial charge on any atom is 0.0536 e. The summed E-state index contributed by atoms with van der Waals surface area (Å²) in [5.41, 5.74) is 5.45. The van der Waals surface area contributed by atoms with Crippen molar-refractivity contribution in [3.8, 4) is 0 Å². The fourth-order valence-electron chi connectivity index (χ4n) is 2.87. The van der Waals surface area contributed by atoms with E-state index in [1.54, 1.807) is 11.8 Å². The molecule has 0 bridgehead atoms. The molecule has 29 heavy (non-hydrogen) atoms. The van der Waals surface area contributed by atoms with Crippen LogP contribution in [0.3, 0.4) is 0 Å². The lowest BCUT2D eigenvalue weighted by Crippen LogP contribution is -2.14. The molecular formula is C26H41NS2. The van der Waals surface area contributed by atoms with Crippen LogP contribution in [0.2, 0.25) is 0 Å². The highest BCUT2D eigenvalue weighted by atomic mass is 32.2. The molecule has 0 aromatic carbocycles. The van der Waals surface area contributed by atoms with Gasteiger partial charge in [-0.1, -0.05) is 64.8 Å². The van der Waals surface area contributed by atoms with E-state index in [0.717, 1.165) is 17.9 Å². The molecule has 0 saturated carbocycles. The summed E-state index contributed by atoms with van der Waals surface area (Å²) in [6.07, 6.45) is 12.9. The van der Waals surface area contributed by atoms with Crippen molar-refractivity contribution in [2.75, 3.05) is 6.54 Å². The number of hydrogen-bond donors (Lipinski definition) is 1. The van der Waals surface area contributed by atoms with Gasteiger partial charge >= 0.3 is 0 Å². The Morgan fingerprint density at radius 1 is 1.17 bits per heavy atom. The predicted molar refractivity (Wildman–Crippen MR) is 138 cm³/mol. The van der Waals surface area contributed by atoms with Crippen LogP contribution >= 0.6 is 23.1 Å². The number of unbranched alkanes of at least 4 members (excludes halogenated alkanes) is 2. The maximum atomic E-state index is 4.24. The first kappa shape index (κ1) is 25.8. The van der Waals surface area contributed by atoms with Crippen molar-refractivity contribution >= 4 is 28.8 Å². The van der Waals surface area contributed by atoms with Gasteiger partial charge in [-0.25, -0.2) is 0 Å². The third-order valence-electron chi connectivity index (χ3n) is 4.85. The lowest BCUT2D eigenvalue weighted by molar-refractivity contribution is 0.800. The normalized spacial score (nSPS) is 13.0. The second-order valence-electron chi connectivity index (χ2n) is 8.09. The van der Waals surface area contributed by atoms with Crippen LogP contribution in [0.25, 0.3) is 5.70 Å². The van der Waals surface area contributed by atoms with Crippen molar-refractivity contribution in [1.29, 1.82) is 0 Å². The van der Waals surface area contributed by atoms with Gasteiger partial charge in [0.05, 0.1) is 10.6 Å². The number of thioether (sulfide) groups is 1. The van der Waals surface area contributed by atoms with E-state index in [4.69, 9.17) is 0 Å². The molecule has 1 nitrogen and oxygen atoms in total. The smallest absolute Gasteiger partial charge is 0.0536 e. The minimum atomic E-state index is 0.573. The lowest BCUT2D eigenvalue weighted by Gasteiger charge is -2.12. The molecule has 1 N–H and O–H groups in total. The van der Waals surface area contributed by atoms with Crippen molar-refractivity contribution in [3.05, 3.63) is 61.6 Å². The molecule has 3 heteroatoms. The molecule has 1 heterocycles. The molecule has 0 unspecified atom stereocenters. The molecule has 0 aliphatic heterocycles. The van der Waals surface area contributed by atoms with E-state index in [2.05, 4.69) is 84.0 Å². The first-order valence-electron chi connectivity index (χ1n) is 11.0. The van der Waals surface area contributed by atoms with E-state index >= 15 is 0 Å². The molecule has 0 aliphatic rings. The summed E-state index contributed by atoms with van der Waals surface area (Å²) in [5, 5.41) is 5.86. The van der Waals surface area contributed by atoms with Gasteiger partial charge in [0.2, 0.25) is 0 Å². The molecule has 0 aliphatic carbocycles. The van der Waals surface area contributed by atoms with Crippen LogP contribution in [0.4, 0.5) is 0 Å². The van der Waals surface area contributed by atoms with E-state index in [0.29, 0.717) is 5.92 Å². The minimum Gasteiger partial charge on any atom is -0.379 e. The third kappa shape index (κ3) is 9.44. The molecule has 1 aromatic rings. The van der Waals surface area contributed by atoms with Crippen molar-refractivity contribution in [3.63, 3.8) is 0 Å². The van der Waals surface area contributed by atoms with Crippen LogP contribution in [-0.2, 0) is 6.42 Å². The zero-order valence-electron chi connectivity index (χ0n) is 19.7. The van der Waals surface area contributed by atoms with Crippen LogP contribution in [0.5, 0.6) is 0 Å². The van der Waals surface area contributed by atoms with Crippen molar-refractivity contribution < 1.29 is 0 Å². The second-order valence-corrected chi connectivity index (χ2v) is 10.3. The Balaban J connectivity index is 3.07. The Kier molecular flexibility index (Phi) is 12.4. The Labute approximate surface area is 188 Å². The van der Waals surface area contributed by atoms with Crippen molar-refractivity contribution in [1.82, 2.24) is 5.32 Å². The Bertz CT molecular complexity index is 732. The average Bonchev–Trinajstić information content (AvgIpc) is 2.96. The average molecular weight is 432 g/mol. The summed E-state index contributed by atoms with van der Waals surface area (Å²) in [6.45, 7) is 20.7. The fraction of sp³-hybridized carbons (Fsp3) is 0.538. The topological polar surface area (TPSA) is 12.0 Å². The van der Waals surface area contributed by atoms with E-state index in [1.807, 2.05) is 11.3 Å². The molecule has 0 amide bonds. The number of allylic oxidation sites excluding steroid dienone is 4. The quantitative estimate of drug-likeness (QED) is 0.313. The van der Waals surface area contributed by atoms with E-state index in [1.165, 1.54) is 57.8 Å². The van der Waals surface area contributed by atoms with Crippen molar-refractivity contribution in [2.24, 2.45) is 5.92 Å². The van der Waals surface area contributed by atoms with Gasteiger partial charge in [0.25, 0.3) is 0 Å². The fourth-order valence-corrected chi connectivity index (χ4v) is 4.96. The Morgan fingerprint density at radius 2 is 1.90 bits per heavy atom. The van der Waals surface area contributed by atoms with E-state index in [-0.39, 0.29) is 0 Å². The zero-order chi connectivity index (χ0) is 21.8. The first-order valence-corrected chi connectivity index (χ1v) is 12.7. The molecule has 1 rings (SSSR count). The highest BCUT2D eigenvalue weighted by Gasteiger charge is 2.15. The summed E-state index contributed by atoms with van der Waals surface area (Å²) < 4.78 is 0. The Hall–Kier alpha value is -1.19. The first-order chi connectivity index (χ1) is 13.8. The van der Waals surface area contributed by atoms with Gasteiger partial charge in [-0.3, -0.25) is 0 Å². The predicted octanol–water partition coefficient (Wildman–Crippen LogP) is 8.80. The summed E-state index contributed by atoms with van der Waals surface area (Å²) in [6, 6.07) is 0. The highest BCUT2D eigenvalue weighted by molar-refractivity contribution is 8.05. The number of hydrogen-bond acceptors (Lipinski definition) is 3. The summed E-state index contributed by atoms with van der Waals surface area (Å²) >= 11 is 3.69. The summed E-state index contributed by atoms with van der Waals surface area (Å²) in [5.74, 6) is 0.573. The summed E-state index contributed by atoms with van der Waals surface area (Å²) in [7, 11) is 0. The number of nitrogens with one attached hydrogen (secondary N) is 1. The van der Waals surface area contributed by atoms with Crippen LogP contribution in [-0.4, -0.2) is 6.54 Å². The third-order valence-corrected chi connectivity index (χ3v) is 7.11. The van der Waals surface area contributed by atoms with E-state index in [9.17, 15) is 0 Å². The van der Waals surface area contributed by atoms with Crippen LogP contribution < -0.4 is 5.32 Å². The van der Waals surface area contributed by atoms with Gasteiger partial charge in [0, 0.05) is 16.3 Å². The van der Waals surface area contributed by atoms with Gasteiger partial charge < -0.3 is 5.32 Å². The number of thiophene rings is 1. The van der Waals surface area contributed by atoms with Crippen LogP contribution in [0.15, 0.2) is 40.7 Å². The zero-order valence-corrected chi connectivity index (χ0v) is 21.3. The van der Waals surface area contributed by atoms with Gasteiger partial charge in [-0.2, -0.15) is 0 Å². The molecule has 0 atom stereocenters. The molecule has 0 spiro atoms.